The van der Waals surface area contributed by atoms with E-state index in [1.54, 1.807) is 0 Å². The summed E-state index contributed by atoms with van der Waals surface area (Å²) in [6, 6.07) is 18.7. The maximum Gasteiger partial charge on any atom is 0.127 e. The molecule has 2 nitrogen and oxygen atoms in total. The summed E-state index contributed by atoms with van der Waals surface area (Å²) in [6.45, 7) is 0. The van der Waals surface area contributed by atoms with E-state index in [1.807, 2.05) is 42.5 Å². The molecule has 3 rings (SSSR count). The number of anilines is 1. The zero-order valence-corrected chi connectivity index (χ0v) is 12.2. The van der Waals surface area contributed by atoms with Crippen LogP contribution >= 0.6 is 11.8 Å². The fraction of sp³-hybridized carbons (Fsp3) is 0.294. The zero-order valence-electron chi connectivity index (χ0n) is 11.4. The molecule has 1 heterocycles. The van der Waals surface area contributed by atoms with Crippen LogP contribution in [0.25, 0.3) is 0 Å². The number of para-hydroxylation sites is 1. The largest absolute Gasteiger partial charge is 0.457 e. The fourth-order valence-corrected chi connectivity index (χ4v) is 3.43. The lowest BCUT2D eigenvalue weighted by atomic mass is 10.1. The van der Waals surface area contributed by atoms with Crippen LogP contribution in [-0.4, -0.2) is 17.5 Å². The maximum atomic E-state index is 5.79. The molecule has 1 fully saturated rings. The molecule has 0 aromatic heterocycles. The predicted octanol–water partition coefficient (Wildman–Crippen LogP) is 4.79. The molecule has 0 saturated carbocycles. The van der Waals surface area contributed by atoms with E-state index in [0.29, 0.717) is 6.04 Å². The van der Waals surface area contributed by atoms with Crippen molar-refractivity contribution in [3.63, 3.8) is 0 Å². The third kappa shape index (κ3) is 3.70. The minimum atomic E-state index is 0.622. The van der Waals surface area contributed by atoms with Crippen molar-refractivity contribution in [2.75, 3.05) is 16.8 Å². The molecular formula is C17H19NOS. The molecule has 2 aromatic carbocycles. The second kappa shape index (κ2) is 6.71. The first-order chi connectivity index (χ1) is 9.90. The van der Waals surface area contributed by atoms with E-state index >= 15 is 0 Å². The first-order valence-corrected chi connectivity index (χ1v) is 8.23. The van der Waals surface area contributed by atoms with Gasteiger partial charge in [-0.25, -0.2) is 0 Å². The molecule has 20 heavy (non-hydrogen) atoms. The average molecular weight is 285 g/mol. The fourth-order valence-electron chi connectivity index (χ4n) is 2.32. The van der Waals surface area contributed by atoms with Gasteiger partial charge in [0.15, 0.2) is 0 Å². The Bertz CT molecular complexity index is 520. The molecule has 1 aliphatic heterocycles. The molecule has 0 amide bonds. The van der Waals surface area contributed by atoms with Crippen LogP contribution in [0.1, 0.15) is 12.8 Å². The predicted molar refractivity (Wildman–Crippen MR) is 86.9 cm³/mol. The Hall–Kier alpha value is -1.61. The van der Waals surface area contributed by atoms with Crippen LogP contribution < -0.4 is 10.1 Å². The SMILES string of the molecule is c1ccc(Oc2ccc(NC3CCSCC3)cc2)cc1. The van der Waals surface area contributed by atoms with Gasteiger partial charge in [-0.3, -0.25) is 0 Å². The van der Waals surface area contributed by atoms with E-state index < -0.39 is 0 Å². The standard InChI is InChI=1S/C17H19NOS/c1-2-4-16(5-3-1)19-17-8-6-14(7-9-17)18-15-10-12-20-13-11-15/h1-9,15,18H,10-13H2. The van der Waals surface area contributed by atoms with Gasteiger partial charge in [0.1, 0.15) is 11.5 Å². The van der Waals surface area contributed by atoms with Gasteiger partial charge in [-0.05, 0) is 60.7 Å². The van der Waals surface area contributed by atoms with E-state index in [4.69, 9.17) is 4.74 Å². The number of hydrogen-bond donors (Lipinski definition) is 1. The number of benzene rings is 2. The molecule has 1 aliphatic rings. The average Bonchev–Trinajstić information content (AvgIpc) is 2.51. The Balaban J connectivity index is 1.59. The van der Waals surface area contributed by atoms with Crippen molar-refractivity contribution in [2.24, 2.45) is 0 Å². The summed E-state index contributed by atoms with van der Waals surface area (Å²) in [6.07, 6.45) is 2.51. The van der Waals surface area contributed by atoms with Gasteiger partial charge in [0.05, 0.1) is 0 Å². The van der Waals surface area contributed by atoms with Crippen molar-refractivity contribution < 1.29 is 4.74 Å². The third-order valence-electron chi connectivity index (χ3n) is 3.43. The lowest BCUT2D eigenvalue weighted by Crippen LogP contribution is -2.24. The highest BCUT2D eigenvalue weighted by molar-refractivity contribution is 7.99. The van der Waals surface area contributed by atoms with Crippen LogP contribution in [0.4, 0.5) is 5.69 Å². The monoisotopic (exact) mass is 285 g/mol. The summed E-state index contributed by atoms with van der Waals surface area (Å²) in [5.41, 5.74) is 1.18. The third-order valence-corrected chi connectivity index (χ3v) is 4.47. The van der Waals surface area contributed by atoms with Gasteiger partial charge in [0, 0.05) is 11.7 Å². The first kappa shape index (κ1) is 13.4. The summed E-state index contributed by atoms with van der Waals surface area (Å²) in [4.78, 5) is 0. The minimum Gasteiger partial charge on any atom is -0.457 e. The van der Waals surface area contributed by atoms with Crippen molar-refractivity contribution >= 4 is 17.4 Å². The van der Waals surface area contributed by atoms with Gasteiger partial charge in [-0.15, -0.1) is 0 Å². The van der Waals surface area contributed by atoms with Gasteiger partial charge in [0.25, 0.3) is 0 Å². The molecule has 0 aliphatic carbocycles. The van der Waals surface area contributed by atoms with Gasteiger partial charge in [-0.2, -0.15) is 11.8 Å². The van der Waals surface area contributed by atoms with Gasteiger partial charge in [-0.1, -0.05) is 18.2 Å². The van der Waals surface area contributed by atoms with E-state index in [-0.39, 0.29) is 0 Å². The molecule has 0 spiro atoms. The molecule has 0 radical (unpaired) electrons. The zero-order chi connectivity index (χ0) is 13.6. The van der Waals surface area contributed by atoms with Crippen molar-refractivity contribution in [1.29, 1.82) is 0 Å². The second-order valence-corrected chi connectivity index (χ2v) is 6.20. The number of thioether (sulfide) groups is 1. The van der Waals surface area contributed by atoms with Crippen LogP contribution in [-0.2, 0) is 0 Å². The quantitative estimate of drug-likeness (QED) is 0.873. The number of ether oxygens (including phenoxy) is 1. The van der Waals surface area contributed by atoms with E-state index in [0.717, 1.165) is 11.5 Å². The maximum absolute atomic E-state index is 5.79. The van der Waals surface area contributed by atoms with Crippen molar-refractivity contribution in [3.8, 4) is 11.5 Å². The van der Waals surface area contributed by atoms with Crippen LogP contribution in [0.5, 0.6) is 11.5 Å². The van der Waals surface area contributed by atoms with E-state index in [2.05, 4.69) is 29.2 Å². The number of hydrogen-bond acceptors (Lipinski definition) is 3. The molecule has 1 N–H and O–H groups in total. The minimum absolute atomic E-state index is 0.622. The Labute approximate surface area is 124 Å². The van der Waals surface area contributed by atoms with Crippen molar-refractivity contribution in [3.05, 3.63) is 54.6 Å². The smallest absolute Gasteiger partial charge is 0.127 e. The summed E-state index contributed by atoms with van der Waals surface area (Å²) in [7, 11) is 0. The summed E-state index contributed by atoms with van der Waals surface area (Å²) in [5, 5.41) is 3.60. The molecule has 0 atom stereocenters. The number of nitrogens with one attached hydrogen (secondary N) is 1. The highest BCUT2D eigenvalue weighted by atomic mass is 32.2. The van der Waals surface area contributed by atoms with Crippen LogP contribution in [0, 0.1) is 0 Å². The Morgan fingerprint density at radius 1 is 0.850 bits per heavy atom. The second-order valence-electron chi connectivity index (χ2n) is 4.97. The van der Waals surface area contributed by atoms with Crippen LogP contribution in [0.3, 0.4) is 0 Å². The van der Waals surface area contributed by atoms with Crippen molar-refractivity contribution in [2.45, 2.75) is 18.9 Å². The van der Waals surface area contributed by atoms with E-state index in [1.165, 1.54) is 30.0 Å². The topological polar surface area (TPSA) is 21.3 Å². The molecule has 3 heteroatoms. The summed E-state index contributed by atoms with van der Waals surface area (Å²) < 4.78 is 5.79. The molecule has 1 saturated heterocycles. The van der Waals surface area contributed by atoms with Gasteiger partial charge >= 0.3 is 0 Å². The lowest BCUT2D eigenvalue weighted by molar-refractivity contribution is 0.482. The summed E-state index contributed by atoms with van der Waals surface area (Å²) in [5.74, 6) is 4.29. The highest BCUT2D eigenvalue weighted by Gasteiger charge is 2.12. The molecule has 0 unspecified atom stereocenters. The molecule has 104 valence electrons. The van der Waals surface area contributed by atoms with Gasteiger partial charge in [0.2, 0.25) is 0 Å². The molecule has 2 aromatic rings. The van der Waals surface area contributed by atoms with Crippen LogP contribution in [0.2, 0.25) is 0 Å². The molecular weight excluding hydrogens is 266 g/mol. The van der Waals surface area contributed by atoms with Crippen molar-refractivity contribution in [1.82, 2.24) is 0 Å². The van der Waals surface area contributed by atoms with E-state index in [9.17, 15) is 0 Å². The summed E-state index contributed by atoms with van der Waals surface area (Å²) >= 11 is 2.05. The van der Waals surface area contributed by atoms with Gasteiger partial charge < -0.3 is 10.1 Å². The number of rotatable bonds is 4. The first-order valence-electron chi connectivity index (χ1n) is 7.07. The Morgan fingerprint density at radius 2 is 1.50 bits per heavy atom. The highest BCUT2D eigenvalue weighted by Crippen LogP contribution is 2.25. The molecule has 0 bridgehead atoms. The normalized spacial score (nSPS) is 15.8. The Kier molecular flexibility index (Phi) is 4.49. The van der Waals surface area contributed by atoms with Crippen LogP contribution in [0.15, 0.2) is 54.6 Å². The Morgan fingerprint density at radius 3 is 2.20 bits per heavy atom. The lowest BCUT2D eigenvalue weighted by Gasteiger charge is -2.23.